The third kappa shape index (κ3) is 3.53. The number of nitrogens with zero attached hydrogens (tertiary/aromatic N) is 6. The third-order valence-corrected chi connectivity index (χ3v) is 3.21. The first-order valence-electron chi connectivity index (χ1n) is 6.85. The summed E-state index contributed by atoms with van der Waals surface area (Å²) in [5, 5.41) is 18.1. The highest BCUT2D eigenvalue weighted by Gasteiger charge is 2.08. The molecule has 3 heterocycles. The summed E-state index contributed by atoms with van der Waals surface area (Å²) in [5.41, 5.74) is 1.47. The molecule has 3 aromatic heterocycles. The summed E-state index contributed by atoms with van der Waals surface area (Å²) in [6, 6.07) is 2.97. The number of aliphatic hydroxyl groups excluding tert-OH is 1. The lowest BCUT2D eigenvalue weighted by Gasteiger charge is -2.09. The van der Waals surface area contributed by atoms with E-state index in [4.69, 9.17) is 0 Å². The molecule has 0 aliphatic carbocycles. The number of aryl methyl sites for hydroxylation is 1. The smallest absolute Gasteiger partial charge is 0.141 e. The van der Waals surface area contributed by atoms with Gasteiger partial charge in [-0.3, -0.25) is 14.3 Å². The Kier molecular flexibility index (Phi) is 4.19. The van der Waals surface area contributed by atoms with Crippen LogP contribution in [0.1, 0.15) is 6.42 Å². The van der Waals surface area contributed by atoms with E-state index in [2.05, 4.69) is 20.2 Å². The maximum absolute atomic E-state index is 12.9. The van der Waals surface area contributed by atoms with E-state index in [1.165, 1.54) is 18.6 Å². The molecule has 0 fully saturated rings. The molecule has 0 aliphatic rings. The van der Waals surface area contributed by atoms with E-state index < -0.39 is 6.10 Å². The van der Waals surface area contributed by atoms with E-state index in [1.807, 2.05) is 6.20 Å². The molecule has 7 nitrogen and oxygen atoms in total. The fraction of sp³-hybridized carbons (Fsp3) is 0.286. The molecule has 3 aromatic rings. The van der Waals surface area contributed by atoms with Crippen molar-refractivity contribution in [2.24, 2.45) is 0 Å². The maximum atomic E-state index is 12.9. The zero-order valence-electron chi connectivity index (χ0n) is 11.7. The van der Waals surface area contributed by atoms with E-state index in [0.29, 0.717) is 25.2 Å². The van der Waals surface area contributed by atoms with Gasteiger partial charge in [0.25, 0.3) is 0 Å². The van der Waals surface area contributed by atoms with Crippen molar-refractivity contribution < 1.29 is 9.50 Å². The summed E-state index contributed by atoms with van der Waals surface area (Å²) < 4.78 is 16.2. The lowest BCUT2D eigenvalue weighted by Crippen LogP contribution is -2.18. The van der Waals surface area contributed by atoms with Gasteiger partial charge in [-0.1, -0.05) is 0 Å². The number of aromatic nitrogens is 6. The van der Waals surface area contributed by atoms with Crippen molar-refractivity contribution in [1.82, 2.24) is 29.5 Å². The summed E-state index contributed by atoms with van der Waals surface area (Å²) in [6.07, 6.45) is 7.68. The molecule has 8 heteroatoms. The van der Waals surface area contributed by atoms with Crippen molar-refractivity contribution in [3.8, 4) is 11.3 Å². The molecule has 3 rings (SSSR count). The zero-order chi connectivity index (χ0) is 15.4. The van der Waals surface area contributed by atoms with E-state index in [0.717, 1.165) is 5.56 Å². The molecule has 0 saturated heterocycles. The number of hydrogen-bond donors (Lipinski definition) is 1. The number of aliphatic hydroxyl groups is 1. The van der Waals surface area contributed by atoms with Crippen molar-refractivity contribution in [3.63, 3.8) is 0 Å². The van der Waals surface area contributed by atoms with E-state index in [9.17, 15) is 9.50 Å². The number of rotatable bonds is 6. The second kappa shape index (κ2) is 6.44. The summed E-state index contributed by atoms with van der Waals surface area (Å²) in [5.74, 6) is -0.368. The van der Waals surface area contributed by atoms with Gasteiger partial charge >= 0.3 is 0 Å². The fourth-order valence-corrected chi connectivity index (χ4v) is 2.08. The van der Waals surface area contributed by atoms with Gasteiger partial charge in [-0.15, -0.1) is 0 Å². The Morgan fingerprint density at radius 1 is 1.18 bits per heavy atom. The lowest BCUT2D eigenvalue weighted by atomic mass is 10.2. The van der Waals surface area contributed by atoms with Crippen molar-refractivity contribution >= 4 is 0 Å². The first kappa shape index (κ1) is 14.3. The normalized spacial score (nSPS) is 12.5. The van der Waals surface area contributed by atoms with Gasteiger partial charge in [0.1, 0.15) is 18.5 Å². The van der Waals surface area contributed by atoms with Gasteiger partial charge < -0.3 is 5.11 Å². The van der Waals surface area contributed by atoms with Crippen LogP contribution in [0.2, 0.25) is 0 Å². The molecular weight excluding hydrogens is 287 g/mol. The molecular formula is C14H15FN6O. The first-order valence-corrected chi connectivity index (χ1v) is 6.85. The summed E-state index contributed by atoms with van der Waals surface area (Å²) in [7, 11) is 0. The predicted octanol–water partition coefficient (Wildman–Crippen LogP) is 1.13. The summed E-state index contributed by atoms with van der Waals surface area (Å²) in [6.45, 7) is 0.963. The van der Waals surface area contributed by atoms with Gasteiger partial charge in [0.2, 0.25) is 0 Å². The van der Waals surface area contributed by atoms with Gasteiger partial charge in [-0.05, 0) is 18.6 Å². The molecule has 0 saturated carbocycles. The van der Waals surface area contributed by atoms with Gasteiger partial charge in [-0.2, -0.15) is 10.2 Å². The van der Waals surface area contributed by atoms with Gasteiger partial charge in [0.15, 0.2) is 0 Å². The van der Waals surface area contributed by atoms with Crippen LogP contribution >= 0.6 is 0 Å². The Morgan fingerprint density at radius 2 is 2.09 bits per heavy atom. The first-order chi connectivity index (χ1) is 10.7. The molecule has 0 aromatic carbocycles. The van der Waals surface area contributed by atoms with Crippen molar-refractivity contribution in [1.29, 1.82) is 0 Å². The van der Waals surface area contributed by atoms with Crippen LogP contribution in [-0.2, 0) is 13.1 Å². The molecule has 1 N–H and O–H groups in total. The number of hydrogen-bond acceptors (Lipinski definition) is 5. The Bertz CT molecular complexity index is 709. The molecule has 114 valence electrons. The molecule has 22 heavy (non-hydrogen) atoms. The quantitative estimate of drug-likeness (QED) is 0.738. The van der Waals surface area contributed by atoms with Crippen LogP contribution < -0.4 is 0 Å². The lowest BCUT2D eigenvalue weighted by molar-refractivity contribution is 0.133. The van der Waals surface area contributed by atoms with E-state index >= 15 is 0 Å². The molecule has 0 bridgehead atoms. The molecule has 0 aliphatic heterocycles. The van der Waals surface area contributed by atoms with Crippen LogP contribution in [0.15, 0.2) is 43.4 Å². The minimum Gasteiger partial charge on any atom is -0.391 e. The van der Waals surface area contributed by atoms with Gasteiger partial charge in [0.05, 0.1) is 30.7 Å². The molecule has 1 unspecified atom stereocenters. The highest BCUT2D eigenvalue weighted by molar-refractivity contribution is 5.56. The van der Waals surface area contributed by atoms with Crippen molar-refractivity contribution in [2.45, 2.75) is 25.6 Å². The largest absolute Gasteiger partial charge is 0.391 e. The minimum absolute atomic E-state index is 0.368. The predicted molar refractivity (Wildman–Crippen MR) is 76.1 cm³/mol. The van der Waals surface area contributed by atoms with E-state index in [1.54, 1.807) is 28.0 Å². The van der Waals surface area contributed by atoms with Crippen LogP contribution in [0.3, 0.4) is 0 Å². The van der Waals surface area contributed by atoms with Crippen molar-refractivity contribution in [2.75, 3.05) is 0 Å². The second-order valence-electron chi connectivity index (χ2n) is 4.91. The summed E-state index contributed by atoms with van der Waals surface area (Å²) in [4.78, 5) is 7.84. The van der Waals surface area contributed by atoms with Crippen LogP contribution in [0.25, 0.3) is 11.3 Å². The van der Waals surface area contributed by atoms with Crippen LogP contribution in [0.4, 0.5) is 4.39 Å². The molecule has 0 amide bonds. The highest BCUT2D eigenvalue weighted by atomic mass is 19.1. The van der Waals surface area contributed by atoms with Crippen LogP contribution in [-0.4, -0.2) is 40.7 Å². The number of halogens is 1. The average Bonchev–Trinajstić information content (AvgIpc) is 3.17. The minimum atomic E-state index is -0.529. The van der Waals surface area contributed by atoms with Gasteiger partial charge in [-0.25, -0.2) is 9.37 Å². The van der Waals surface area contributed by atoms with E-state index in [-0.39, 0.29) is 5.82 Å². The zero-order valence-corrected chi connectivity index (χ0v) is 11.7. The Labute approximate surface area is 126 Å². The summed E-state index contributed by atoms with van der Waals surface area (Å²) >= 11 is 0. The SMILES string of the molecule is OC(CCn1cc(-c2ccc(F)cn2)cn1)Cn1cncn1. The third-order valence-electron chi connectivity index (χ3n) is 3.21. The maximum Gasteiger partial charge on any atom is 0.141 e. The Hall–Kier alpha value is -2.61. The monoisotopic (exact) mass is 302 g/mol. The van der Waals surface area contributed by atoms with Crippen molar-refractivity contribution in [3.05, 3.63) is 49.2 Å². The average molecular weight is 302 g/mol. The second-order valence-corrected chi connectivity index (χ2v) is 4.91. The Balaban J connectivity index is 1.56. The standard InChI is InChI=1S/C14H15FN6O/c15-12-1-2-14(17-6-12)11-5-18-20(7-11)4-3-13(22)8-21-10-16-9-19-21/h1-2,5-7,9-10,13,22H,3-4,8H2. The fourth-order valence-electron chi connectivity index (χ4n) is 2.08. The number of pyridine rings is 1. The molecule has 1 atom stereocenters. The van der Waals surface area contributed by atoms with Crippen LogP contribution in [0, 0.1) is 5.82 Å². The highest BCUT2D eigenvalue weighted by Crippen LogP contribution is 2.16. The molecule has 0 spiro atoms. The van der Waals surface area contributed by atoms with Crippen LogP contribution in [0.5, 0.6) is 0 Å². The topological polar surface area (TPSA) is 81.6 Å². The Morgan fingerprint density at radius 3 is 2.82 bits per heavy atom. The van der Waals surface area contributed by atoms with Gasteiger partial charge in [0, 0.05) is 18.3 Å². The molecule has 0 radical (unpaired) electrons.